The van der Waals surface area contributed by atoms with Crippen LogP contribution in [0.15, 0.2) is 58.3 Å². The van der Waals surface area contributed by atoms with Crippen LogP contribution in [0.5, 0.6) is 0 Å². The molecule has 2 rings (SSSR count). The molecule has 0 aliphatic carbocycles. The summed E-state index contributed by atoms with van der Waals surface area (Å²) in [5.74, 6) is 0. The number of benzene rings is 2. The molecule has 1 N–H and O–H groups in total. The van der Waals surface area contributed by atoms with Crippen LogP contribution in [0.3, 0.4) is 0 Å². The van der Waals surface area contributed by atoms with E-state index in [0.717, 1.165) is 11.4 Å². The second-order valence-electron chi connectivity index (χ2n) is 4.67. The van der Waals surface area contributed by atoms with Crippen molar-refractivity contribution in [3.05, 3.63) is 48.5 Å². The number of nitrogens with zero attached hydrogens (tertiary/aromatic N) is 1. The fourth-order valence-corrected chi connectivity index (χ4v) is 3.12. The number of hydrogen-bond donors (Lipinski definition) is 1. The van der Waals surface area contributed by atoms with Crippen LogP contribution in [-0.2, 0) is 9.84 Å². The van der Waals surface area contributed by atoms with Gasteiger partial charge in [0.25, 0.3) is 0 Å². The number of sulfone groups is 1. The minimum Gasteiger partial charge on any atom is -0.388 e. The lowest BCUT2D eigenvalue weighted by Gasteiger charge is -2.13. The monoisotopic (exact) mass is 290 g/mol. The fourth-order valence-electron chi connectivity index (χ4n) is 1.86. The van der Waals surface area contributed by atoms with Gasteiger partial charge in [-0.3, -0.25) is 0 Å². The van der Waals surface area contributed by atoms with Gasteiger partial charge in [0.2, 0.25) is 9.84 Å². The van der Waals surface area contributed by atoms with Crippen LogP contribution in [0.2, 0.25) is 0 Å². The van der Waals surface area contributed by atoms with Crippen LogP contribution in [0.25, 0.3) is 0 Å². The summed E-state index contributed by atoms with van der Waals surface area (Å²) in [5.41, 5.74) is 1.85. The summed E-state index contributed by atoms with van der Waals surface area (Å²) in [7, 11) is 2.18. The second kappa shape index (κ2) is 5.54. The molecule has 106 valence electrons. The molecule has 0 heterocycles. The van der Waals surface area contributed by atoms with Gasteiger partial charge in [0.15, 0.2) is 0 Å². The smallest absolute Gasteiger partial charge is 0.206 e. The van der Waals surface area contributed by atoms with Gasteiger partial charge in [0.05, 0.1) is 9.79 Å². The first-order chi connectivity index (χ1) is 9.45. The predicted octanol–water partition coefficient (Wildman–Crippen LogP) is 2.63. The van der Waals surface area contributed by atoms with Gasteiger partial charge in [-0.15, -0.1) is 0 Å². The molecule has 0 aromatic heterocycles. The van der Waals surface area contributed by atoms with Crippen LogP contribution < -0.4 is 10.2 Å². The summed E-state index contributed by atoms with van der Waals surface area (Å²) in [6.07, 6.45) is 0. The Morgan fingerprint density at radius 3 is 1.70 bits per heavy atom. The minimum atomic E-state index is -3.45. The largest absolute Gasteiger partial charge is 0.388 e. The Labute approximate surface area is 120 Å². The molecule has 0 saturated carbocycles. The average Bonchev–Trinajstić information content (AvgIpc) is 2.47. The third-order valence-corrected chi connectivity index (χ3v) is 4.90. The van der Waals surface area contributed by atoms with E-state index in [4.69, 9.17) is 0 Å². The molecule has 20 heavy (non-hydrogen) atoms. The Balaban J connectivity index is 2.38. The van der Waals surface area contributed by atoms with Crippen molar-refractivity contribution in [2.24, 2.45) is 0 Å². The van der Waals surface area contributed by atoms with Gasteiger partial charge in [-0.25, -0.2) is 8.42 Å². The maximum absolute atomic E-state index is 12.5. The molecule has 0 aliphatic heterocycles. The van der Waals surface area contributed by atoms with Crippen molar-refractivity contribution >= 4 is 21.2 Å². The van der Waals surface area contributed by atoms with Gasteiger partial charge >= 0.3 is 0 Å². The Morgan fingerprint density at radius 2 is 1.30 bits per heavy atom. The molecule has 0 bridgehead atoms. The van der Waals surface area contributed by atoms with E-state index in [1.807, 2.05) is 19.0 Å². The highest BCUT2D eigenvalue weighted by atomic mass is 32.2. The summed E-state index contributed by atoms with van der Waals surface area (Å²) >= 11 is 0. The maximum Gasteiger partial charge on any atom is 0.206 e. The molecule has 0 unspecified atom stereocenters. The topological polar surface area (TPSA) is 49.4 Å². The Kier molecular flexibility index (Phi) is 3.99. The van der Waals surface area contributed by atoms with Crippen LogP contribution >= 0.6 is 0 Å². The zero-order valence-corrected chi connectivity index (χ0v) is 12.6. The lowest BCUT2D eigenvalue weighted by molar-refractivity contribution is 0.596. The number of hydrogen-bond acceptors (Lipinski definition) is 4. The summed E-state index contributed by atoms with van der Waals surface area (Å²) < 4.78 is 25.0. The van der Waals surface area contributed by atoms with E-state index in [0.29, 0.717) is 9.79 Å². The van der Waals surface area contributed by atoms with Crippen LogP contribution in [0.1, 0.15) is 0 Å². The summed E-state index contributed by atoms with van der Waals surface area (Å²) in [5, 5.41) is 2.96. The molecule has 4 nitrogen and oxygen atoms in total. The first-order valence-corrected chi connectivity index (χ1v) is 7.74. The highest BCUT2D eigenvalue weighted by Gasteiger charge is 2.17. The minimum absolute atomic E-state index is 0.300. The first-order valence-electron chi connectivity index (χ1n) is 6.25. The summed E-state index contributed by atoms with van der Waals surface area (Å²) in [6.45, 7) is 0. The zero-order valence-electron chi connectivity index (χ0n) is 11.8. The van der Waals surface area contributed by atoms with Crippen molar-refractivity contribution in [3.8, 4) is 0 Å². The normalized spacial score (nSPS) is 11.2. The van der Waals surface area contributed by atoms with Crippen LogP contribution in [0, 0.1) is 0 Å². The number of nitrogens with one attached hydrogen (secondary N) is 1. The van der Waals surface area contributed by atoms with Crippen molar-refractivity contribution in [2.45, 2.75) is 9.79 Å². The number of rotatable bonds is 4. The Morgan fingerprint density at radius 1 is 0.850 bits per heavy atom. The lowest BCUT2D eigenvalue weighted by atomic mass is 10.3. The van der Waals surface area contributed by atoms with E-state index < -0.39 is 9.84 Å². The van der Waals surface area contributed by atoms with Crippen molar-refractivity contribution in [3.63, 3.8) is 0 Å². The molecule has 2 aromatic carbocycles. The van der Waals surface area contributed by atoms with Gasteiger partial charge < -0.3 is 10.2 Å². The van der Waals surface area contributed by atoms with Crippen LogP contribution in [-0.4, -0.2) is 29.6 Å². The van der Waals surface area contributed by atoms with Gasteiger partial charge in [-0.05, 0) is 48.5 Å². The lowest BCUT2D eigenvalue weighted by Crippen LogP contribution is -2.09. The van der Waals surface area contributed by atoms with Gasteiger partial charge in [-0.2, -0.15) is 0 Å². The molecule has 0 amide bonds. The highest BCUT2D eigenvalue weighted by Crippen LogP contribution is 2.24. The third-order valence-electron chi connectivity index (χ3n) is 3.12. The molecule has 0 radical (unpaired) electrons. The van der Waals surface area contributed by atoms with Gasteiger partial charge in [-0.1, -0.05) is 0 Å². The Hall–Kier alpha value is -2.01. The molecule has 5 heteroatoms. The van der Waals surface area contributed by atoms with Gasteiger partial charge in [0.1, 0.15) is 0 Å². The number of anilines is 2. The van der Waals surface area contributed by atoms with Gasteiger partial charge in [0, 0.05) is 32.5 Å². The fraction of sp³-hybridized carbons (Fsp3) is 0.200. The standard InChI is InChI=1S/C15H18N2O2S/c1-16-12-4-8-14(9-5-12)20(18,19)15-10-6-13(7-11-15)17(2)3/h4-11,16H,1-3H3. The van der Waals surface area contributed by atoms with Crippen LogP contribution in [0.4, 0.5) is 11.4 Å². The molecule has 0 fully saturated rings. The summed E-state index contributed by atoms with van der Waals surface area (Å²) in [4.78, 5) is 2.53. The maximum atomic E-state index is 12.5. The molecule has 0 atom stereocenters. The van der Waals surface area contributed by atoms with E-state index in [1.54, 1.807) is 55.6 Å². The van der Waals surface area contributed by atoms with Crippen molar-refractivity contribution in [1.82, 2.24) is 0 Å². The van der Waals surface area contributed by atoms with E-state index in [9.17, 15) is 8.42 Å². The van der Waals surface area contributed by atoms with E-state index >= 15 is 0 Å². The average molecular weight is 290 g/mol. The SMILES string of the molecule is CNc1ccc(S(=O)(=O)c2ccc(N(C)C)cc2)cc1. The molecule has 0 saturated heterocycles. The molecule has 0 aliphatic rings. The second-order valence-corrected chi connectivity index (χ2v) is 6.62. The Bertz CT molecular complexity index is 675. The molecular formula is C15H18N2O2S. The first kappa shape index (κ1) is 14.4. The third kappa shape index (κ3) is 2.77. The highest BCUT2D eigenvalue weighted by molar-refractivity contribution is 7.91. The van der Waals surface area contributed by atoms with E-state index in [2.05, 4.69) is 5.32 Å². The van der Waals surface area contributed by atoms with Crippen molar-refractivity contribution in [1.29, 1.82) is 0 Å². The van der Waals surface area contributed by atoms with E-state index in [-0.39, 0.29) is 0 Å². The molecular weight excluding hydrogens is 272 g/mol. The zero-order chi connectivity index (χ0) is 14.8. The van der Waals surface area contributed by atoms with E-state index in [1.165, 1.54) is 0 Å². The summed E-state index contributed by atoms with van der Waals surface area (Å²) in [6, 6.07) is 13.6. The van der Waals surface area contributed by atoms with Crippen molar-refractivity contribution < 1.29 is 8.42 Å². The molecule has 2 aromatic rings. The predicted molar refractivity (Wildman–Crippen MR) is 82.2 cm³/mol. The molecule has 0 spiro atoms. The van der Waals surface area contributed by atoms with Crippen molar-refractivity contribution in [2.75, 3.05) is 31.4 Å². The quantitative estimate of drug-likeness (QED) is 0.940.